The van der Waals surface area contributed by atoms with Crippen molar-refractivity contribution in [3.8, 4) is 0 Å². The highest BCUT2D eigenvalue weighted by molar-refractivity contribution is 6.06. The van der Waals surface area contributed by atoms with Crippen LogP contribution in [-0.4, -0.2) is 27.4 Å². The molecule has 0 unspecified atom stereocenters. The fraction of sp³-hybridized carbons (Fsp3) is 0.174. The van der Waals surface area contributed by atoms with E-state index < -0.39 is 23.1 Å². The summed E-state index contributed by atoms with van der Waals surface area (Å²) >= 11 is 0. The van der Waals surface area contributed by atoms with Gasteiger partial charge in [0.2, 0.25) is 0 Å². The van der Waals surface area contributed by atoms with Crippen LogP contribution in [0.25, 0.3) is 22.7 Å². The van der Waals surface area contributed by atoms with E-state index in [1.807, 2.05) is 0 Å². The molecule has 7 nitrogen and oxygen atoms in total. The summed E-state index contributed by atoms with van der Waals surface area (Å²) in [4.78, 5) is 30.1. The predicted molar refractivity (Wildman–Crippen MR) is 114 cm³/mol. The summed E-state index contributed by atoms with van der Waals surface area (Å²) in [5.41, 5.74) is 0.620. The number of nitrogens with one attached hydrogen (secondary N) is 1. The molecule has 0 bridgehead atoms. The molecule has 1 aromatic carbocycles. The Bertz CT molecular complexity index is 1360. The number of fused-ring (bicyclic) bond motifs is 3. The second-order valence-electron chi connectivity index (χ2n) is 7.37. The summed E-state index contributed by atoms with van der Waals surface area (Å²) in [7, 11) is 0. The highest BCUT2D eigenvalue weighted by Crippen LogP contribution is 2.31. The van der Waals surface area contributed by atoms with E-state index in [9.17, 15) is 23.6 Å². The first-order valence-corrected chi connectivity index (χ1v) is 9.71. The van der Waals surface area contributed by atoms with Crippen LogP contribution in [-0.2, 0) is 17.9 Å². The lowest BCUT2D eigenvalue weighted by Gasteiger charge is -2.18. The minimum Gasteiger partial charge on any atom is -0.423 e. The molecule has 9 heteroatoms. The van der Waals surface area contributed by atoms with E-state index in [-0.39, 0.29) is 35.5 Å². The van der Waals surface area contributed by atoms with Crippen molar-refractivity contribution in [2.24, 2.45) is 0 Å². The topological polar surface area (TPSA) is 93.5 Å². The van der Waals surface area contributed by atoms with Gasteiger partial charge < -0.3 is 15.3 Å². The number of allylic oxidation sites excluding steroid dienone is 1. The van der Waals surface area contributed by atoms with Gasteiger partial charge in [-0.3, -0.25) is 9.59 Å². The van der Waals surface area contributed by atoms with Gasteiger partial charge in [-0.05, 0) is 29.7 Å². The SMILES string of the molecule is C=C(C)c1c(C(=O)NCc2ccc(F)cc2F)c(=O)n(O)c2ncc3c(c12)COCC=C3. The maximum absolute atomic E-state index is 13.9. The number of ether oxygens (including phenoxy) is 1. The Balaban J connectivity index is 1.87. The Morgan fingerprint density at radius 3 is 2.84 bits per heavy atom. The van der Waals surface area contributed by atoms with Gasteiger partial charge in [0.1, 0.15) is 17.2 Å². The fourth-order valence-corrected chi connectivity index (χ4v) is 3.68. The van der Waals surface area contributed by atoms with Gasteiger partial charge in [0.25, 0.3) is 11.5 Å². The molecule has 1 aliphatic heterocycles. The normalized spacial score (nSPS) is 13.0. The Morgan fingerprint density at radius 2 is 2.12 bits per heavy atom. The lowest BCUT2D eigenvalue weighted by atomic mass is 9.94. The highest BCUT2D eigenvalue weighted by Gasteiger charge is 2.26. The number of pyridine rings is 2. The van der Waals surface area contributed by atoms with Crippen LogP contribution in [0.4, 0.5) is 8.78 Å². The van der Waals surface area contributed by atoms with Crippen molar-refractivity contribution in [2.75, 3.05) is 6.61 Å². The van der Waals surface area contributed by atoms with Crippen LogP contribution in [0.2, 0.25) is 0 Å². The second kappa shape index (κ2) is 8.35. The van der Waals surface area contributed by atoms with E-state index in [2.05, 4.69) is 16.9 Å². The van der Waals surface area contributed by atoms with Crippen LogP contribution in [0.1, 0.15) is 39.5 Å². The lowest BCUT2D eigenvalue weighted by molar-refractivity contribution is 0.0943. The molecule has 3 aromatic rings. The quantitative estimate of drug-likeness (QED) is 0.608. The van der Waals surface area contributed by atoms with Crippen molar-refractivity contribution in [2.45, 2.75) is 20.1 Å². The lowest BCUT2D eigenvalue weighted by Crippen LogP contribution is -2.34. The second-order valence-corrected chi connectivity index (χ2v) is 7.37. The molecule has 3 heterocycles. The van der Waals surface area contributed by atoms with Crippen molar-refractivity contribution >= 4 is 28.6 Å². The Morgan fingerprint density at radius 1 is 1.34 bits per heavy atom. The van der Waals surface area contributed by atoms with E-state index in [4.69, 9.17) is 4.74 Å². The van der Waals surface area contributed by atoms with Crippen LogP contribution >= 0.6 is 0 Å². The molecule has 1 aliphatic rings. The molecular weight excluding hydrogens is 420 g/mol. The monoisotopic (exact) mass is 439 g/mol. The maximum Gasteiger partial charge on any atom is 0.298 e. The molecule has 0 atom stereocenters. The number of aromatic nitrogens is 2. The number of hydrogen-bond donors (Lipinski definition) is 2. The summed E-state index contributed by atoms with van der Waals surface area (Å²) in [6.07, 6.45) is 5.12. The Labute approximate surface area is 181 Å². The molecule has 0 spiro atoms. The molecule has 32 heavy (non-hydrogen) atoms. The van der Waals surface area contributed by atoms with Gasteiger partial charge in [-0.2, -0.15) is 0 Å². The third kappa shape index (κ3) is 3.67. The maximum atomic E-state index is 13.9. The molecule has 4 rings (SSSR count). The number of rotatable bonds is 4. The van der Waals surface area contributed by atoms with Crippen molar-refractivity contribution in [3.63, 3.8) is 0 Å². The summed E-state index contributed by atoms with van der Waals surface area (Å²) < 4.78 is 33.0. The zero-order valence-corrected chi connectivity index (χ0v) is 17.1. The highest BCUT2D eigenvalue weighted by atomic mass is 19.1. The number of halogens is 2. The van der Waals surface area contributed by atoms with Crippen molar-refractivity contribution in [3.05, 3.63) is 86.9 Å². The standard InChI is InChI=1S/C23H19F2N3O4/c1-12(2)18-19-16-11-32-7-3-4-13(16)9-26-21(19)28(31)23(30)20(18)22(29)27-10-14-5-6-15(24)8-17(14)25/h3-6,8-9,31H,1,7,10-11H2,2H3,(H,27,29). The first-order chi connectivity index (χ1) is 15.3. The van der Waals surface area contributed by atoms with Crippen LogP contribution in [0.5, 0.6) is 0 Å². The molecule has 0 saturated carbocycles. The summed E-state index contributed by atoms with van der Waals surface area (Å²) in [6.45, 7) is 5.78. The summed E-state index contributed by atoms with van der Waals surface area (Å²) in [5, 5.41) is 13.3. The largest absolute Gasteiger partial charge is 0.423 e. The van der Waals surface area contributed by atoms with Crippen LogP contribution < -0.4 is 10.9 Å². The number of carbonyl (C=O) groups excluding carboxylic acids is 1. The van der Waals surface area contributed by atoms with Crippen molar-refractivity contribution < 1.29 is 23.5 Å². The van der Waals surface area contributed by atoms with E-state index in [0.717, 1.165) is 11.6 Å². The van der Waals surface area contributed by atoms with Crippen LogP contribution in [0, 0.1) is 11.6 Å². The first-order valence-electron chi connectivity index (χ1n) is 9.71. The van der Waals surface area contributed by atoms with Gasteiger partial charge >= 0.3 is 0 Å². The molecular formula is C23H19F2N3O4. The summed E-state index contributed by atoms with van der Waals surface area (Å²) in [5.74, 6) is -2.42. The van der Waals surface area contributed by atoms with E-state index in [1.54, 1.807) is 19.1 Å². The average molecular weight is 439 g/mol. The van der Waals surface area contributed by atoms with Crippen LogP contribution in [0.15, 0.2) is 41.8 Å². The minimum atomic E-state index is -0.995. The number of benzene rings is 1. The van der Waals surface area contributed by atoms with E-state index >= 15 is 0 Å². The zero-order chi connectivity index (χ0) is 23.0. The molecule has 2 aromatic heterocycles. The van der Waals surface area contributed by atoms with Crippen LogP contribution in [0.3, 0.4) is 0 Å². The number of amides is 1. The zero-order valence-electron chi connectivity index (χ0n) is 17.1. The molecule has 164 valence electrons. The smallest absolute Gasteiger partial charge is 0.298 e. The molecule has 1 amide bonds. The molecule has 0 saturated heterocycles. The van der Waals surface area contributed by atoms with Gasteiger partial charge in [-0.15, -0.1) is 4.73 Å². The third-order valence-corrected chi connectivity index (χ3v) is 5.17. The summed E-state index contributed by atoms with van der Waals surface area (Å²) in [6, 6.07) is 2.96. The molecule has 0 aliphatic carbocycles. The molecule has 0 radical (unpaired) electrons. The predicted octanol–water partition coefficient (Wildman–Crippen LogP) is 3.42. The Hall–Kier alpha value is -3.85. The molecule has 0 fully saturated rings. The Kier molecular flexibility index (Phi) is 5.58. The average Bonchev–Trinajstić information content (AvgIpc) is 3.00. The van der Waals surface area contributed by atoms with Gasteiger partial charge in [0.05, 0.1) is 13.2 Å². The van der Waals surface area contributed by atoms with Crippen molar-refractivity contribution in [1.82, 2.24) is 15.0 Å². The van der Waals surface area contributed by atoms with E-state index in [1.165, 1.54) is 12.3 Å². The number of hydrogen-bond acceptors (Lipinski definition) is 5. The number of nitrogens with zero attached hydrogens (tertiary/aromatic N) is 2. The van der Waals surface area contributed by atoms with Crippen molar-refractivity contribution in [1.29, 1.82) is 0 Å². The van der Waals surface area contributed by atoms with Gasteiger partial charge in [0.15, 0.2) is 5.65 Å². The molecule has 2 N–H and O–H groups in total. The number of carbonyl (C=O) groups is 1. The minimum absolute atomic E-state index is 0.0354. The van der Waals surface area contributed by atoms with Gasteiger partial charge in [-0.1, -0.05) is 24.8 Å². The first kappa shape index (κ1) is 21.4. The van der Waals surface area contributed by atoms with Gasteiger partial charge in [0, 0.05) is 35.3 Å². The van der Waals surface area contributed by atoms with E-state index in [0.29, 0.717) is 33.9 Å². The third-order valence-electron chi connectivity index (χ3n) is 5.17. The fourth-order valence-electron chi connectivity index (χ4n) is 3.68. The van der Waals surface area contributed by atoms with Gasteiger partial charge in [-0.25, -0.2) is 13.8 Å².